The van der Waals surface area contributed by atoms with Crippen LogP contribution in [0.2, 0.25) is 5.02 Å². The van der Waals surface area contributed by atoms with Gasteiger partial charge in [0.25, 0.3) is 5.91 Å². The Hall–Kier alpha value is -2.30. The highest BCUT2D eigenvalue weighted by molar-refractivity contribution is 7.91. The van der Waals surface area contributed by atoms with Gasteiger partial charge in [-0.3, -0.25) is 9.69 Å². The average molecular weight is 519 g/mol. The molecule has 0 unspecified atom stereocenters. The van der Waals surface area contributed by atoms with Crippen molar-refractivity contribution < 1.29 is 31.1 Å². The Balaban J connectivity index is 1.87. The number of carbonyl (C=O) groups excluding carboxylic acids is 1. The molecule has 2 aromatic carbocycles. The summed E-state index contributed by atoms with van der Waals surface area (Å²) >= 11 is 6.00. The van der Waals surface area contributed by atoms with E-state index < -0.39 is 27.9 Å². The Morgan fingerprint density at radius 3 is 2.47 bits per heavy atom. The standard InChI is InChI=1S/C23H26ClF3N2O4S/c1-3-34(31,32)21-7-6-18(24)11-17(21)13-28-22(30)16-10-15(2)19(14-29-8-4-5-9-29)20(12-16)33-23(25,26)27/h6-7,10-12H,3-5,8-9,13-14H2,1-2H3,(H,28,30). The molecule has 0 aliphatic carbocycles. The van der Waals surface area contributed by atoms with Crippen LogP contribution < -0.4 is 10.1 Å². The van der Waals surface area contributed by atoms with Gasteiger partial charge in [-0.15, -0.1) is 13.2 Å². The predicted octanol–water partition coefficient (Wildman–Crippen LogP) is 4.87. The smallest absolute Gasteiger partial charge is 0.405 e. The summed E-state index contributed by atoms with van der Waals surface area (Å²) in [5.41, 5.74) is 1.14. The van der Waals surface area contributed by atoms with Crippen molar-refractivity contribution in [1.29, 1.82) is 0 Å². The van der Waals surface area contributed by atoms with E-state index in [1.54, 1.807) is 6.92 Å². The van der Waals surface area contributed by atoms with Crippen LogP contribution in [-0.4, -0.2) is 44.4 Å². The van der Waals surface area contributed by atoms with Gasteiger partial charge in [0, 0.05) is 29.2 Å². The van der Waals surface area contributed by atoms with Gasteiger partial charge in [-0.2, -0.15) is 0 Å². The number of rotatable bonds is 8. The van der Waals surface area contributed by atoms with Gasteiger partial charge in [0.05, 0.1) is 10.6 Å². The number of alkyl halides is 3. The van der Waals surface area contributed by atoms with Crippen molar-refractivity contribution in [3.05, 3.63) is 57.6 Å². The summed E-state index contributed by atoms with van der Waals surface area (Å²) in [6, 6.07) is 6.83. The number of sulfone groups is 1. The van der Waals surface area contributed by atoms with Crippen molar-refractivity contribution in [3.8, 4) is 5.75 Å². The van der Waals surface area contributed by atoms with E-state index in [4.69, 9.17) is 11.6 Å². The lowest BCUT2D eigenvalue weighted by Crippen LogP contribution is -2.26. The first-order chi connectivity index (χ1) is 15.9. The van der Waals surface area contributed by atoms with Gasteiger partial charge in [0.1, 0.15) is 5.75 Å². The van der Waals surface area contributed by atoms with E-state index in [-0.39, 0.29) is 28.3 Å². The van der Waals surface area contributed by atoms with Crippen molar-refractivity contribution in [2.75, 3.05) is 18.8 Å². The molecule has 34 heavy (non-hydrogen) atoms. The third-order valence-corrected chi connectivity index (χ3v) is 7.74. The van der Waals surface area contributed by atoms with Gasteiger partial charge in [-0.1, -0.05) is 18.5 Å². The molecule has 0 spiro atoms. The molecule has 3 rings (SSSR count). The van der Waals surface area contributed by atoms with Gasteiger partial charge in [0.15, 0.2) is 9.84 Å². The zero-order valence-corrected chi connectivity index (χ0v) is 20.4. The van der Waals surface area contributed by atoms with Crippen LogP contribution >= 0.6 is 11.6 Å². The van der Waals surface area contributed by atoms with Crippen molar-refractivity contribution in [2.45, 2.75) is 51.0 Å². The van der Waals surface area contributed by atoms with Crippen LogP contribution in [-0.2, 0) is 22.9 Å². The van der Waals surface area contributed by atoms with Crippen LogP contribution in [0.15, 0.2) is 35.2 Å². The first-order valence-corrected chi connectivity index (χ1v) is 12.8. The molecule has 1 fully saturated rings. The van der Waals surface area contributed by atoms with Gasteiger partial charge in [-0.25, -0.2) is 8.42 Å². The minimum atomic E-state index is -4.91. The summed E-state index contributed by atoms with van der Waals surface area (Å²) in [6.45, 7) is 4.83. The second-order valence-electron chi connectivity index (χ2n) is 8.14. The number of ether oxygens (including phenoxy) is 1. The molecule has 11 heteroatoms. The Morgan fingerprint density at radius 2 is 1.85 bits per heavy atom. The number of likely N-dealkylation sites (tertiary alicyclic amines) is 1. The third kappa shape index (κ3) is 6.64. The van der Waals surface area contributed by atoms with E-state index in [0.29, 0.717) is 22.7 Å². The normalized spacial score (nSPS) is 14.9. The first kappa shape index (κ1) is 26.3. The number of hydrogen-bond acceptors (Lipinski definition) is 5. The van der Waals surface area contributed by atoms with Gasteiger partial charge >= 0.3 is 6.36 Å². The summed E-state index contributed by atoms with van der Waals surface area (Å²) in [5, 5.41) is 2.87. The number of amides is 1. The fourth-order valence-electron chi connectivity index (χ4n) is 3.92. The zero-order chi connectivity index (χ0) is 25.1. The minimum Gasteiger partial charge on any atom is -0.405 e. The van der Waals surface area contributed by atoms with Gasteiger partial charge in [0.2, 0.25) is 0 Å². The highest BCUT2D eigenvalue weighted by Gasteiger charge is 2.33. The van der Waals surface area contributed by atoms with Crippen molar-refractivity contribution >= 4 is 27.3 Å². The molecule has 186 valence electrons. The second-order valence-corrected chi connectivity index (χ2v) is 10.8. The number of nitrogens with one attached hydrogen (secondary N) is 1. The molecule has 1 N–H and O–H groups in total. The summed E-state index contributed by atoms with van der Waals surface area (Å²) in [4.78, 5) is 14.9. The molecule has 2 aromatic rings. The highest BCUT2D eigenvalue weighted by Crippen LogP contribution is 2.32. The van der Waals surface area contributed by atoms with Crippen LogP contribution in [0.5, 0.6) is 5.75 Å². The summed E-state index contributed by atoms with van der Waals surface area (Å²) in [7, 11) is -3.57. The second kappa shape index (κ2) is 10.5. The van der Waals surface area contributed by atoms with E-state index in [1.165, 1.54) is 31.2 Å². The Bertz CT molecular complexity index is 1160. The first-order valence-electron chi connectivity index (χ1n) is 10.8. The number of carbonyl (C=O) groups is 1. The molecule has 0 bridgehead atoms. The maximum Gasteiger partial charge on any atom is 0.573 e. The largest absolute Gasteiger partial charge is 0.573 e. The van der Waals surface area contributed by atoms with E-state index in [0.717, 1.165) is 32.0 Å². The minimum absolute atomic E-state index is 0.0242. The maximum atomic E-state index is 13.1. The van der Waals surface area contributed by atoms with Crippen molar-refractivity contribution in [1.82, 2.24) is 10.2 Å². The molecule has 1 heterocycles. The SMILES string of the molecule is CCS(=O)(=O)c1ccc(Cl)cc1CNC(=O)c1cc(C)c(CN2CCCC2)c(OC(F)(F)F)c1. The molecule has 1 amide bonds. The number of nitrogens with zero attached hydrogens (tertiary/aromatic N) is 1. The molecule has 6 nitrogen and oxygen atoms in total. The fourth-order valence-corrected chi connectivity index (χ4v) is 5.23. The lowest BCUT2D eigenvalue weighted by Gasteiger charge is -2.21. The third-order valence-electron chi connectivity index (χ3n) is 5.68. The van der Waals surface area contributed by atoms with Crippen molar-refractivity contribution in [2.24, 2.45) is 0 Å². The maximum absolute atomic E-state index is 13.1. The van der Waals surface area contributed by atoms with E-state index in [1.807, 2.05) is 4.90 Å². The molecule has 0 aromatic heterocycles. The average Bonchev–Trinajstić information content (AvgIpc) is 3.26. The number of hydrogen-bond donors (Lipinski definition) is 1. The topological polar surface area (TPSA) is 75.7 Å². The lowest BCUT2D eigenvalue weighted by molar-refractivity contribution is -0.275. The molecular formula is C23H26ClF3N2O4S. The number of benzene rings is 2. The van der Waals surface area contributed by atoms with Crippen LogP contribution in [0, 0.1) is 6.92 Å². The van der Waals surface area contributed by atoms with Crippen LogP contribution in [0.3, 0.4) is 0 Å². The number of halogens is 4. The van der Waals surface area contributed by atoms with E-state index in [2.05, 4.69) is 10.1 Å². The molecule has 0 saturated carbocycles. The monoisotopic (exact) mass is 518 g/mol. The Kier molecular flexibility index (Phi) is 8.15. The quantitative estimate of drug-likeness (QED) is 0.540. The fraction of sp³-hybridized carbons (Fsp3) is 0.435. The molecule has 0 atom stereocenters. The highest BCUT2D eigenvalue weighted by atomic mass is 35.5. The number of aryl methyl sites for hydroxylation is 1. The summed E-state index contributed by atoms with van der Waals surface area (Å²) in [5.74, 6) is -1.21. The molecule has 1 saturated heterocycles. The van der Waals surface area contributed by atoms with Crippen LogP contribution in [0.4, 0.5) is 13.2 Å². The molecular weight excluding hydrogens is 493 g/mol. The van der Waals surface area contributed by atoms with E-state index in [9.17, 15) is 26.4 Å². The lowest BCUT2D eigenvalue weighted by atomic mass is 10.0. The summed E-state index contributed by atoms with van der Waals surface area (Å²) in [6.07, 6.45) is -2.95. The molecule has 1 aliphatic heterocycles. The van der Waals surface area contributed by atoms with Gasteiger partial charge in [-0.05, 0) is 74.3 Å². The van der Waals surface area contributed by atoms with E-state index >= 15 is 0 Å². The zero-order valence-electron chi connectivity index (χ0n) is 18.8. The van der Waals surface area contributed by atoms with Crippen molar-refractivity contribution in [3.63, 3.8) is 0 Å². The summed E-state index contributed by atoms with van der Waals surface area (Å²) < 4.78 is 68.3. The predicted molar refractivity (Wildman–Crippen MR) is 123 cm³/mol. The molecule has 0 radical (unpaired) electrons. The molecule has 1 aliphatic rings. The van der Waals surface area contributed by atoms with Crippen LogP contribution in [0.1, 0.15) is 46.8 Å². The van der Waals surface area contributed by atoms with Gasteiger partial charge < -0.3 is 10.1 Å². The Labute approximate surface area is 202 Å². The van der Waals surface area contributed by atoms with Crippen LogP contribution in [0.25, 0.3) is 0 Å². The Morgan fingerprint density at radius 1 is 1.18 bits per heavy atom.